The third-order valence-electron chi connectivity index (χ3n) is 5.99. The SMILES string of the molecule is COCCN(CC(=O)Nc1cc(-c2ccccc2)nn1-c1ccc(C)cc1)S(=O)(=O)c1cccc(C(F)(F)F)c1. The van der Waals surface area contributed by atoms with E-state index < -0.39 is 39.1 Å². The number of hydrogen-bond donors (Lipinski definition) is 1. The number of aromatic nitrogens is 2. The van der Waals surface area contributed by atoms with Crippen LogP contribution in [0.5, 0.6) is 0 Å². The number of carbonyl (C=O) groups is 1. The van der Waals surface area contributed by atoms with Gasteiger partial charge >= 0.3 is 6.18 Å². The zero-order chi connectivity index (χ0) is 28.9. The zero-order valence-corrected chi connectivity index (χ0v) is 22.5. The lowest BCUT2D eigenvalue weighted by molar-refractivity contribution is -0.137. The normalized spacial score (nSPS) is 12.1. The van der Waals surface area contributed by atoms with Crippen LogP contribution in [0.25, 0.3) is 16.9 Å². The average Bonchev–Trinajstić information content (AvgIpc) is 3.35. The van der Waals surface area contributed by atoms with E-state index in [1.54, 1.807) is 6.07 Å². The Labute approximate surface area is 230 Å². The number of nitrogens with one attached hydrogen (secondary N) is 1. The van der Waals surface area contributed by atoms with Gasteiger partial charge in [0.1, 0.15) is 5.82 Å². The molecule has 4 aromatic rings. The van der Waals surface area contributed by atoms with Crippen molar-refractivity contribution >= 4 is 21.7 Å². The molecule has 12 heteroatoms. The van der Waals surface area contributed by atoms with Crippen molar-refractivity contribution in [1.82, 2.24) is 14.1 Å². The lowest BCUT2D eigenvalue weighted by Gasteiger charge is -2.22. The molecule has 8 nitrogen and oxygen atoms in total. The fourth-order valence-corrected chi connectivity index (χ4v) is 5.33. The summed E-state index contributed by atoms with van der Waals surface area (Å²) in [6, 6.07) is 21.8. The molecule has 0 spiro atoms. The number of halogens is 3. The number of nitrogens with zero attached hydrogens (tertiary/aromatic N) is 3. The van der Waals surface area contributed by atoms with Gasteiger partial charge in [-0.3, -0.25) is 4.79 Å². The van der Waals surface area contributed by atoms with Gasteiger partial charge in [-0.2, -0.15) is 22.6 Å². The molecule has 0 aliphatic heterocycles. The van der Waals surface area contributed by atoms with E-state index in [-0.39, 0.29) is 19.0 Å². The van der Waals surface area contributed by atoms with E-state index >= 15 is 0 Å². The molecule has 0 aliphatic carbocycles. The Kier molecular flexibility index (Phi) is 8.72. The van der Waals surface area contributed by atoms with Crippen molar-refractivity contribution in [1.29, 1.82) is 0 Å². The smallest absolute Gasteiger partial charge is 0.383 e. The van der Waals surface area contributed by atoms with Crippen molar-refractivity contribution in [3.8, 4) is 16.9 Å². The van der Waals surface area contributed by atoms with E-state index in [0.717, 1.165) is 33.6 Å². The molecular weight excluding hydrogens is 545 g/mol. The molecule has 0 saturated carbocycles. The van der Waals surface area contributed by atoms with Crippen molar-refractivity contribution in [2.45, 2.75) is 18.0 Å². The number of carbonyl (C=O) groups excluding carboxylic acids is 1. The number of hydrogen-bond acceptors (Lipinski definition) is 5. The second-order valence-corrected chi connectivity index (χ2v) is 10.9. The first-order chi connectivity index (χ1) is 19.0. The predicted octanol–water partition coefficient (Wildman–Crippen LogP) is 5.14. The number of alkyl halides is 3. The first kappa shape index (κ1) is 29.0. The summed E-state index contributed by atoms with van der Waals surface area (Å²) in [6.07, 6.45) is -4.73. The standard InChI is InChI=1S/C28H27F3N4O4S/c1-20-11-13-23(14-12-20)35-26(18-25(33-35)21-7-4-3-5-8-21)32-27(36)19-34(15-16-39-2)40(37,38)24-10-6-9-22(17-24)28(29,30)31/h3-14,17-18H,15-16,19H2,1-2H3,(H,32,36). The molecule has 0 aliphatic rings. The Bertz CT molecular complexity index is 1570. The summed E-state index contributed by atoms with van der Waals surface area (Å²) < 4.78 is 73.6. The number of sulfonamides is 1. The highest BCUT2D eigenvalue weighted by atomic mass is 32.2. The van der Waals surface area contributed by atoms with Crippen molar-refractivity contribution < 1.29 is 31.1 Å². The van der Waals surface area contributed by atoms with Crippen LogP contribution in [0.15, 0.2) is 89.8 Å². The second kappa shape index (κ2) is 12.0. The maximum atomic E-state index is 13.3. The van der Waals surface area contributed by atoms with E-state index in [2.05, 4.69) is 10.4 Å². The number of benzene rings is 3. The minimum absolute atomic E-state index is 0.0784. The molecule has 0 atom stereocenters. The predicted molar refractivity (Wildman–Crippen MR) is 144 cm³/mol. The highest BCUT2D eigenvalue weighted by Crippen LogP contribution is 2.31. The minimum Gasteiger partial charge on any atom is -0.383 e. The van der Waals surface area contributed by atoms with E-state index in [1.165, 1.54) is 11.8 Å². The van der Waals surface area contributed by atoms with Gasteiger partial charge in [0, 0.05) is 25.3 Å². The van der Waals surface area contributed by atoms with Gasteiger partial charge < -0.3 is 10.1 Å². The van der Waals surface area contributed by atoms with Crippen LogP contribution < -0.4 is 5.32 Å². The molecule has 3 aromatic carbocycles. The van der Waals surface area contributed by atoms with Crippen molar-refractivity contribution in [3.63, 3.8) is 0 Å². The van der Waals surface area contributed by atoms with Crippen LogP contribution in [-0.2, 0) is 25.7 Å². The lowest BCUT2D eigenvalue weighted by Crippen LogP contribution is -2.40. The van der Waals surface area contributed by atoms with Gasteiger partial charge in [-0.15, -0.1) is 0 Å². The van der Waals surface area contributed by atoms with E-state index in [4.69, 9.17) is 4.74 Å². The Morgan fingerprint density at radius 1 is 1.00 bits per heavy atom. The van der Waals surface area contributed by atoms with Crippen LogP contribution in [-0.4, -0.2) is 55.2 Å². The molecule has 1 aromatic heterocycles. The van der Waals surface area contributed by atoms with Crippen LogP contribution in [0.1, 0.15) is 11.1 Å². The maximum Gasteiger partial charge on any atom is 0.416 e. The van der Waals surface area contributed by atoms with Crippen LogP contribution in [0.2, 0.25) is 0 Å². The number of amides is 1. The molecule has 0 radical (unpaired) electrons. The molecule has 4 rings (SSSR count). The first-order valence-electron chi connectivity index (χ1n) is 12.2. The summed E-state index contributed by atoms with van der Waals surface area (Å²) in [6.45, 7) is 0.937. The van der Waals surface area contributed by atoms with Crippen LogP contribution >= 0.6 is 0 Å². The third-order valence-corrected chi connectivity index (χ3v) is 7.83. The summed E-state index contributed by atoms with van der Waals surface area (Å²) in [5, 5.41) is 7.35. The van der Waals surface area contributed by atoms with E-state index in [0.29, 0.717) is 17.4 Å². The van der Waals surface area contributed by atoms with Gasteiger partial charge in [0.05, 0.1) is 35.0 Å². The summed E-state index contributed by atoms with van der Waals surface area (Å²) in [5.74, 6) is -0.421. The highest BCUT2D eigenvalue weighted by Gasteiger charge is 2.33. The molecule has 1 N–H and O–H groups in total. The molecular formula is C28H27F3N4O4S. The minimum atomic E-state index is -4.73. The summed E-state index contributed by atoms with van der Waals surface area (Å²) in [7, 11) is -3.13. The number of methoxy groups -OCH3 is 1. The summed E-state index contributed by atoms with van der Waals surface area (Å²) in [5.41, 5.74) is 1.96. The second-order valence-electron chi connectivity index (χ2n) is 8.93. The number of ether oxygens (including phenoxy) is 1. The number of rotatable bonds is 10. The number of anilines is 1. The lowest BCUT2D eigenvalue weighted by atomic mass is 10.1. The fraction of sp³-hybridized carbons (Fsp3) is 0.214. The van der Waals surface area contributed by atoms with Crippen LogP contribution in [0.4, 0.5) is 19.0 Å². The van der Waals surface area contributed by atoms with Crippen LogP contribution in [0, 0.1) is 6.92 Å². The quantitative estimate of drug-likeness (QED) is 0.284. The van der Waals surface area contributed by atoms with Gasteiger partial charge in [-0.1, -0.05) is 54.1 Å². The number of aryl methyl sites for hydroxylation is 1. The third kappa shape index (κ3) is 6.76. The molecule has 0 bridgehead atoms. The van der Waals surface area contributed by atoms with Crippen LogP contribution in [0.3, 0.4) is 0 Å². The topological polar surface area (TPSA) is 93.5 Å². The van der Waals surface area contributed by atoms with Crippen molar-refractivity contribution in [2.75, 3.05) is 32.1 Å². The molecule has 1 amide bonds. The molecule has 210 valence electrons. The fourth-order valence-electron chi connectivity index (χ4n) is 3.90. The zero-order valence-electron chi connectivity index (χ0n) is 21.7. The molecule has 0 fully saturated rings. The monoisotopic (exact) mass is 572 g/mol. The van der Waals surface area contributed by atoms with Gasteiger partial charge in [0.2, 0.25) is 15.9 Å². The van der Waals surface area contributed by atoms with E-state index in [1.807, 2.05) is 61.5 Å². The van der Waals surface area contributed by atoms with Gasteiger partial charge in [-0.05, 0) is 37.3 Å². The summed E-state index contributed by atoms with van der Waals surface area (Å²) >= 11 is 0. The van der Waals surface area contributed by atoms with E-state index in [9.17, 15) is 26.4 Å². The Morgan fingerprint density at radius 2 is 1.70 bits per heavy atom. The first-order valence-corrected chi connectivity index (χ1v) is 13.6. The maximum absolute atomic E-state index is 13.3. The van der Waals surface area contributed by atoms with Gasteiger partial charge in [0.15, 0.2) is 0 Å². The van der Waals surface area contributed by atoms with Crippen molar-refractivity contribution in [3.05, 3.63) is 96.1 Å². The van der Waals surface area contributed by atoms with Gasteiger partial charge in [-0.25, -0.2) is 13.1 Å². The molecule has 1 heterocycles. The summed E-state index contributed by atoms with van der Waals surface area (Å²) in [4.78, 5) is 12.6. The Balaban J connectivity index is 1.64. The average molecular weight is 573 g/mol. The molecule has 0 saturated heterocycles. The molecule has 40 heavy (non-hydrogen) atoms. The largest absolute Gasteiger partial charge is 0.416 e. The highest BCUT2D eigenvalue weighted by molar-refractivity contribution is 7.89. The van der Waals surface area contributed by atoms with Gasteiger partial charge in [0.25, 0.3) is 0 Å². The van der Waals surface area contributed by atoms with Crippen molar-refractivity contribution in [2.24, 2.45) is 0 Å². The Hall–Kier alpha value is -4.00. The Morgan fingerprint density at radius 3 is 2.35 bits per heavy atom. The molecule has 0 unspecified atom stereocenters.